The van der Waals surface area contributed by atoms with Gasteiger partial charge in [0.05, 0.1) is 0 Å². The molecule has 4 heteroatoms. The standard InChI is InChI=1S/C6H11.3C2H5O.Ti/c1-2-4-6-5-3-1;3*1-2-3;/h1H,2-6H2;3*2H2,1H3;/q;3*-1;+3. The number of rotatable bonds is 7. The van der Waals surface area contributed by atoms with Crippen molar-refractivity contribution in [1.29, 1.82) is 0 Å². The van der Waals surface area contributed by atoms with Crippen molar-refractivity contribution >= 4 is 0 Å². The minimum atomic E-state index is -2.96. The van der Waals surface area contributed by atoms with E-state index in [1.165, 1.54) is 32.1 Å². The molecule has 16 heavy (non-hydrogen) atoms. The maximum atomic E-state index is 5.99. The molecule has 1 aliphatic rings. The van der Waals surface area contributed by atoms with E-state index in [1.54, 1.807) is 0 Å². The fraction of sp³-hybridized carbons (Fsp3) is 1.00. The molecule has 0 atom stereocenters. The first-order chi connectivity index (χ1) is 7.79. The SMILES string of the molecule is CC[O][Ti]([O]CC)([O]CC)[CH]1CCCCC1. The van der Waals surface area contributed by atoms with Crippen molar-refractivity contribution in [2.24, 2.45) is 0 Å². The van der Waals surface area contributed by atoms with Crippen LogP contribution in [-0.4, -0.2) is 19.8 Å². The molecule has 0 aliphatic heterocycles. The van der Waals surface area contributed by atoms with Crippen LogP contribution in [0.3, 0.4) is 0 Å². The first-order valence-electron chi connectivity index (χ1n) is 6.70. The molecule has 0 amide bonds. The van der Waals surface area contributed by atoms with Crippen LogP contribution in [0.1, 0.15) is 52.9 Å². The van der Waals surface area contributed by atoms with Gasteiger partial charge in [-0.3, -0.25) is 0 Å². The van der Waals surface area contributed by atoms with Crippen LogP contribution in [-0.2, 0) is 27.7 Å². The number of hydrogen-bond donors (Lipinski definition) is 0. The molecule has 0 bridgehead atoms. The van der Waals surface area contributed by atoms with E-state index in [4.69, 9.17) is 9.96 Å². The Morgan fingerprint density at radius 3 is 1.62 bits per heavy atom. The Kier molecular flexibility index (Phi) is 7.17. The van der Waals surface area contributed by atoms with Crippen molar-refractivity contribution in [3.63, 3.8) is 0 Å². The van der Waals surface area contributed by atoms with Gasteiger partial charge in [0.25, 0.3) is 0 Å². The third kappa shape index (κ3) is 3.81. The molecule has 1 fully saturated rings. The van der Waals surface area contributed by atoms with Crippen molar-refractivity contribution in [2.45, 2.75) is 57.1 Å². The second-order valence-electron chi connectivity index (χ2n) is 4.24. The van der Waals surface area contributed by atoms with Crippen molar-refractivity contribution in [3.05, 3.63) is 0 Å². The molecule has 0 radical (unpaired) electrons. The average molecular weight is 266 g/mol. The summed E-state index contributed by atoms with van der Waals surface area (Å²) >= 11 is -2.96. The molecule has 1 aliphatic carbocycles. The summed E-state index contributed by atoms with van der Waals surface area (Å²) in [5, 5.41) is 0. The Balaban J connectivity index is 2.70. The number of hydrogen-bond acceptors (Lipinski definition) is 3. The molecule has 0 aromatic rings. The van der Waals surface area contributed by atoms with E-state index in [0.717, 1.165) is 19.8 Å². The van der Waals surface area contributed by atoms with Gasteiger partial charge in [0.15, 0.2) is 0 Å². The van der Waals surface area contributed by atoms with Gasteiger partial charge in [-0.2, -0.15) is 0 Å². The van der Waals surface area contributed by atoms with Gasteiger partial charge in [-0.05, 0) is 0 Å². The molecule has 0 aromatic heterocycles. The molecule has 0 aromatic carbocycles. The summed E-state index contributed by atoms with van der Waals surface area (Å²) < 4.78 is 18.6. The zero-order valence-corrected chi connectivity index (χ0v) is 12.5. The van der Waals surface area contributed by atoms with E-state index in [1.807, 2.05) is 20.8 Å². The molecule has 1 rings (SSSR count). The molecule has 0 N–H and O–H groups in total. The summed E-state index contributed by atoms with van der Waals surface area (Å²) in [6.07, 6.45) is 6.45. The monoisotopic (exact) mass is 266 g/mol. The quantitative estimate of drug-likeness (QED) is 0.657. The van der Waals surface area contributed by atoms with Crippen LogP contribution in [0.4, 0.5) is 0 Å². The van der Waals surface area contributed by atoms with Crippen molar-refractivity contribution in [3.8, 4) is 0 Å². The van der Waals surface area contributed by atoms with Gasteiger partial charge in [0, 0.05) is 0 Å². The van der Waals surface area contributed by atoms with E-state index < -0.39 is 17.8 Å². The third-order valence-corrected chi connectivity index (χ3v) is 8.84. The van der Waals surface area contributed by atoms with Gasteiger partial charge < -0.3 is 0 Å². The summed E-state index contributed by atoms with van der Waals surface area (Å²) in [6, 6.07) is 0. The first kappa shape index (κ1) is 14.7. The van der Waals surface area contributed by atoms with Gasteiger partial charge >= 0.3 is 105 Å². The fourth-order valence-electron chi connectivity index (χ4n) is 2.54. The summed E-state index contributed by atoms with van der Waals surface area (Å²) in [6.45, 7) is 8.28. The van der Waals surface area contributed by atoms with Gasteiger partial charge in [-0.25, -0.2) is 0 Å². The second kappa shape index (κ2) is 7.83. The van der Waals surface area contributed by atoms with Gasteiger partial charge in [-0.15, -0.1) is 0 Å². The normalized spacial score (nSPS) is 18.9. The van der Waals surface area contributed by atoms with Crippen LogP contribution in [0.2, 0.25) is 4.22 Å². The van der Waals surface area contributed by atoms with E-state index in [-0.39, 0.29) is 0 Å². The average Bonchev–Trinajstić information content (AvgIpc) is 2.31. The minimum absolute atomic E-state index is 0.577. The fourth-order valence-corrected chi connectivity index (χ4v) is 7.66. The molecule has 96 valence electrons. The Hall–Kier alpha value is 0.594. The maximum absolute atomic E-state index is 5.99. The zero-order valence-electron chi connectivity index (χ0n) is 11.0. The van der Waals surface area contributed by atoms with Crippen LogP contribution >= 0.6 is 0 Å². The second-order valence-corrected chi connectivity index (χ2v) is 8.75. The molecule has 0 saturated heterocycles. The van der Waals surface area contributed by atoms with Crippen molar-refractivity contribution < 1.29 is 27.7 Å². The summed E-state index contributed by atoms with van der Waals surface area (Å²) in [4.78, 5) is 0. The molecule has 3 nitrogen and oxygen atoms in total. The predicted molar refractivity (Wildman–Crippen MR) is 61.7 cm³/mol. The zero-order chi connectivity index (χ0) is 11.9. The Morgan fingerprint density at radius 2 is 1.25 bits per heavy atom. The van der Waals surface area contributed by atoms with Crippen LogP contribution in [0, 0.1) is 0 Å². The van der Waals surface area contributed by atoms with Gasteiger partial charge in [0.1, 0.15) is 0 Å². The topological polar surface area (TPSA) is 27.7 Å². The van der Waals surface area contributed by atoms with E-state index in [0.29, 0.717) is 4.22 Å². The summed E-state index contributed by atoms with van der Waals surface area (Å²) in [5.74, 6) is 0. The molecule has 0 unspecified atom stereocenters. The van der Waals surface area contributed by atoms with Crippen molar-refractivity contribution in [1.82, 2.24) is 0 Å². The summed E-state index contributed by atoms with van der Waals surface area (Å²) in [5.41, 5.74) is 0. The molecule has 1 saturated carbocycles. The van der Waals surface area contributed by atoms with E-state index >= 15 is 0 Å². The Labute approximate surface area is 105 Å². The van der Waals surface area contributed by atoms with Crippen LogP contribution in [0.15, 0.2) is 0 Å². The van der Waals surface area contributed by atoms with Crippen molar-refractivity contribution in [2.75, 3.05) is 19.8 Å². The van der Waals surface area contributed by atoms with Crippen LogP contribution in [0.25, 0.3) is 0 Å². The van der Waals surface area contributed by atoms with Crippen LogP contribution in [0.5, 0.6) is 0 Å². The van der Waals surface area contributed by atoms with E-state index in [2.05, 4.69) is 0 Å². The molecular weight excluding hydrogens is 240 g/mol. The Bertz CT molecular complexity index is 164. The first-order valence-corrected chi connectivity index (χ1v) is 9.52. The van der Waals surface area contributed by atoms with E-state index in [9.17, 15) is 0 Å². The third-order valence-electron chi connectivity index (χ3n) is 3.14. The predicted octanol–water partition coefficient (Wildman–Crippen LogP) is 3.75. The molecule has 0 heterocycles. The van der Waals surface area contributed by atoms with Gasteiger partial charge in [0.2, 0.25) is 0 Å². The summed E-state index contributed by atoms with van der Waals surface area (Å²) in [7, 11) is 0. The Morgan fingerprint density at radius 1 is 0.812 bits per heavy atom. The molecule has 0 spiro atoms. The molecular formula is C12H26O3Ti. The van der Waals surface area contributed by atoms with Crippen LogP contribution < -0.4 is 0 Å². The van der Waals surface area contributed by atoms with Gasteiger partial charge in [-0.1, -0.05) is 0 Å².